The molecule has 0 bridgehead atoms. The highest BCUT2D eigenvalue weighted by Gasteiger charge is 2.37. The first-order valence-corrected chi connectivity index (χ1v) is 12.1. The molecule has 0 saturated carbocycles. The Labute approximate surface area is 219 Å². The van der Waals surface area contributed by atoms with E-state index in [9.17, 15) is 44.7 Å². The van der Waals surface area contributed by atoms with Gasteiger partial charge in [-0.25, -0.2) is 0 Å². The summed E-state index contributed by atoms with van der Waals surface area (Å²) in [5.74, 6) is -4.42. The van der Waals surface area contributed by atoms with Crippen LogP contribution in [0.5, 0.6) is 0 Å². The van der Waals surface area contributed by atoms with Crippen molar-refractivity contribution < 1.29 is 49.8 Å². The molecule has 1 aromatic carbocycles. The lowest BCUT2D eigenvalue weighted by Gasteiger charge is -2.30. The molecule has 1 aromatic rings. The number of aliphatic hydroxyl groups is 5. The van der Waals surface area contributed by atoms with Gasteiger partial charge >= 0.3 is 5.97 Å². The Hall–Kier alpha value is -3.14. The van der Waals surface area contributed by atoms with Gasteiger partial charge in [0.25, 0.3) is 5.91 Å². The monoisotopic (exact) mass is 542 g/mol. The number of benzene rings is 1. The standard InChI is InChI=1S/C24H38N4O10/c1-3-12(2)18(25)23(37)28-16(11-30)22(36)27-15(10-29)19(33)20(34)21(35)24(38)26-14(9-17(31)32)13-7-5-4-6-8-13/h4-8,12,14-16,18-21,29-30,33-35H,3,9-11,25H2,1-2H3,(H,26,38)(H,27,36)(H,28,37)(H,31,32)/t12-,14-,15-,16-,18-,19+,20+,21-/m0/s1. The second-order valence-corrected chi connectivity index (χ2v) is 8.95. The lowest BCUT2D eigenvalue weighted by atomic mass is 9.98. The Morgan fingerprint density at radius 2 is 1.47 bits per heavy atom. The summed E-state index contributed by atoms with van der Waals surface area (Å²) in [5, 5.41) is 66.1. The maximum atomic E-state index is 12.5. The SMILES string of the molecule is CC[C@H](C)[C@H](N)C(=O)N[C@@H](CO)C(=O)N[C@@H](CO)[C@@H](O)[C@@H](O)[C@H](O)C(=O)N[C@@H](CC(=O)O)c1ccccc1. The zero-order valence-corrected chi connectivity index (χ0v) is 21.2. The molecule has 8 atom stereocenters. The minimum absolute atomic E-state index is 0.218. The number of carbonyl (C=O) groups excluding carboxylic acids is 3. The normalized spacial score (nSPS) is 17.6. The molecule has 0 aliphatic heterocycles. The highest BCUT2D eigenvalue weighted by atomic mass is 16.4. The number of rotatable bonds is 16. The van der Waals surface area contributed by atoms with Crippen molar-refractivity contribution in [3.63, 3.8) is 0 Å². The molecule has 0 unspecified atom stereocenters. The molecule has 0 radical (unpaired) electrons. The third kappa shape index (κ3) is 9.63. The third-order valence-corrected chi connectivity index (χ3v) is 6.15. The zero-order valence-electron chi connectivity index (χ0n) is 21.2. The van der Waals surface area contributed by atoms with Crippen molar-refractivity contribution in [2.45, 2.75) is 69.2 Å². The van der Waals surface area contributed by atoms with Crippen LogP contribution in [0.15, 0.2) is 30.3 Å². The lowest BCUT2D eigenvalue weighted by molar-refractivity contribution is -0.145. The lowest BCUT2D eigenvalue weighted by Crippen LogP contribution is -2.60. The van der Waals surface area contributed by atoms with Crippen molar-refractivity contribution in [3.05, 3.63) is 35.9 Å². The number of hydrogen-bond acceptors (Lipinski definition) is 10. The van der Waals surface area contributed by atoms with Gasteiger partial charge in [0.05, 0.1) is 37.8 Å². The molecule has 0 aromatic heterocycles. The molecule has 1 rings (SSSR count). The molecule has 214 valence electrons. The summed E-state index contributed by atoms with van der Waals surface area (Å²) in [4.78, 5) is 48.6. The second-order valence-electron chi connectivity index (χ2n) is 8.95. The van der Waals surface area contributed by atoms with Crippen molar-refractivity contribution >= 4 is 23.7 Å². The van der Waals surface area contributed by atoms with Crippen molar-refractivity contribution in [2.75, 3.05) is 13.2 Å². The Bertz CT molecular complexity index is 919. The molecular weight excluding hydrogens is 504 g/mol. The zero-order chi connectivity index (χ0) is 29.0. The number of aliphatic hydroxyl groups excluding tert-OH is 5. The second kappa shape index (κ2) is 16.0. The largest absolute Gasteiger partial charge is 0.481 e. The highest BCUT2D eigenvalue weighted by molar-refractivity contribution is 5.90. The van der Waals surface area contributed by atoms with Gasteiger partial charge in [-0.1, -0.05) is 50.6 Å². The molecule has 0 fully saturated rings. The first-order chi connectivity index (χ1) is 17.9. The average Bonchev–Trinajstić information content (AvgIpc) is 2.91. The van der Waals surface area contributed by atoms with Crippen LogP contribution in [-0.4, -0.2) is 104 Å². The van der Waals surface area contributed by atoms with Gasteiger partial charge < -0.3 is 52.3 Å². The maximum absolute atomic E-state index is 12.5. The molecule has 38 heavy (non-hydrogen) atoms. The number of amides is 3. The minimum atomic E-state index is -2.28. The summed E-state index contributed by atoms with van der Waals surface area (Å²) in [6, 6.07) is 2.84. The van der Waals surface area contributed by atoms with Crippen LogP contribution in [0, 0.1) is 5.92 Å². The summed E-state index contributed by atoms with van der Waals surface area (Å²) in [6.07, 6.45) is -6.55. The summed E-state index contributed by atoms with van der Waals surface area (Å²) in [6.45, 7) is 1.73. The van der Waals surface area contributed by atoms with E-state index in [0.717, 1.165) is 0 Å². The number of hydrogen-bond donors (Lipinski definition) is 10. The van der Waals surface area contributed by atoms with Gasteiger partial charge in [0.2, 0.25) is 11.8 Å². The molecule has 11 N–H and O–H groups in total. The Balaban J connectivity index is 2.87. The summed E-state index contributed by atoms with van der Waals surface area (Å²) in [5.41, 5.74) is 6.23. The Kier molecular flexibility index (Phi) is 13.8. The van der Waals surface area contributed by atoms with E-state index < -0.39 is 85.8 Å². The molecule has 0 aliphatic carbocycles. The van der Waals surface area contributed by atoms with E-state index >= 15 is 0 Å². The number of carboxylic acid groups (broad SMARTS) is 1. The van der Waals surface area contributed by atoms with Crippen LogP contribution in [0.25, 0.3) is 0 Å². The van der Waals surface area contributed by atoms with Gasteiger partial charge in [-0.05, 0) is 11.5 Å². The fraction of sp³-hybridized carbons (Fsp3) is 0.583. The number of aliphatic carboxylic acids is 1. The van der Waals surface area contributed by atoms with Gasteiger partial charge in [0.15, 0.2) is 6.10 Å². The summed E-state index contributed by atoms with van der Waals surface area (Å²) < 4.78 is 0. The van der Waals surface area contributed by atoms with Crippen molar-refractivity contribution in [2.24, 2.45) is 11.7 Å². The molecule has 0 aliphatic rings. The van der Waals surface area contributed by atoms with Crippen molar-refractivity contribution in [1.29, 1.82) is 0 Å². The Morgan fingerprint density at radius 3 is 1.97 bits per heavy atom. The van der Waals surface area contributed by atoms with Gasteiger partial charge in [-0.15, -0.1) is 0 Å². The van der Waals surface area contributed by atoms with Crippen LogP contribution in [-0.2, 0) is 19.2 Å². The molecule has 0 saturated heterocycles. The quantitative estimate of drug-likeness (QED) is 0.0991. The number of nitrogens with two attached hydrogens (primary N) is 1. The smallest absolute Gasteiger partial charge is 0.305 e. The number of carboxylic acids is 1. The fourth-order valence-corrected chi connectivity index (χ4v) is 3.45. The predicted molar refractivity (Wildman–Crippen MR) is 133 cm³/mol. The summed E-state index contributed by atoms with van der Waals surface area (Å²) in [7, 11) is 0. The van der Waals surface area contributed by atoms with E-state index in [2.05, 4.69) is 16.0 Å². The van der Waals surface area contributed by atoms with E-state index in [1.54, 1.807) is 37.3 Å². The van der Waals surface area contributed by atoms with Crippen LogP contribution in [0.4, 0.5) is 0 Å². The van der Waals surface area contributed by atoms with Crippen molar-refractivity contribution in [1.82, 2.24) is 16.0 Å². The van der Waals surface area contributed by atoms with Gasteiger partial charge in [-0.2, -0.15) is 0 Å². The van der Waals surface area contributed by atoms with E-state index in [0.29, 0.717) is 12.0 Å². The first kappa shape index (κ1) is 32.9. The van der Waals surface area contributed by atoms with Gasteiger partial charge in [0.1, 0.15) is 18.2 Å². The van der Waals surface area contributed by atoms with E-state index in [1.165, 1.54) is 0 Å². The molecular formula is C24H38N4O10. The fourth-order valence-electron chi connectivity index (χ4n) is 3.45. The minimum Gasteiger partial charge on any atom is -0.481 e. The molecule has 14 nitrogen and oxygen atoms in total. The van der Waals surface area contributed by atoms with Crippen LogP contribution in [0.3, 0.4) is 0 Å². The summed E-state index contributed by atoms with van der Waals surface area (Å²) >= 11 is 0. The van der Waals surface area contributed by atoms with E-state index in [-0.39, 0.29) is 5.92 Å². The third-order valence-electron chi connectivity index (χ3n) is 6.15. The topological polar surface area (TPSA) is 252 Å². The van der Waals surface area contributed by atoms with Crippen LogP contribution >= 0.6 is 0 Å². The molecule has 14 heteroatoms. The average molecular weight is 543 g/mol. The van der Waals surface area contributed by atoms with Crippen LogP contribution < -0.4 is 21.7 Å². The number of nitrogens with one attached hydrogen (secondary N) is 3. The van der Waals surface area contributed by atoms with Crippen LogP contribution in [0.1, 0.15) is 38.3 Å². The van der Waals surface area contributed by atoms with Gasteiger partial charge in [0, 0.05) is 0 Å². The molecule has 3 amide bonds. The van der Waals surface area contributed by atoms with Crippen molar-refractivity contribution in [3.8, 4) is 0 Å². The molecule has 0 spiro atoms. The first-order valence-electron chi connectivity index (χ1n) is 12.1. The predicted octanol–water partition coefficient (Wildman–Crippen LogP) is -3.27. The maximum Gasteiger partial charge on any atom is 0.305 e. The Morgan fingerprint density at radius 1 is 0.868 bits per heavy atom. The van der Waals surface area contributed by atoms with E-state index in [4.69, 9.17) is 10.8 Å². The number of carbonyl (C=O) groups is 4. The highest BCUT2D eigenvalue weighted by Crippen LogP contribution is 2.17. The van der Waals surface area contributed by atoms with Gasteiger partial charge in [-0.3, -0.25) is 19.2 Å². The molecule has 0 heterocycles. The van der Waals surface area contributed by atoms with Crippen LogP contribution in [0.2, 0.25) is 0 Å². The van der Waals surface area contributed by atoms with E-state index in [1.807, 2.05) is 6.92 Å².